The van der Waals surface area contributed by atoms with Crippen LogP contribution in [-0.2, 0) is 10.0 Å². The molecule has 0 radical (unpaired) electrons. The van der Waals surface area contributed by atoms with Gasteiger partial charge in [0, 0.05) is 7.05 Å². The van der Waals surface area contributed by atoms with Crippen molar-refractivity contribution >= 4 is 33.3 Å². The van der Waals surface area contributed by atoms with E-state index in [1.165, 1.54) is 25.2 Å². The molecule has 0 aliphatic rings. The molecule has 1 rings (SSSR count). The van der Waals surface area contributed by atoms with E-state index < -0.39 is 21.2 Å². The summed E-state index contributed by atoms with van der Waals surface area (Å²) in [4.78, 5) is 10.9. The average molecular weight is 264 g/mol. The van der Waals surface area contributed by atoms with Gasteiger partial charge in [-0.2, -0.15) is 0 Å². The van der Waals surface area contributed by atoms with Crippen LogP contribution in [0.15, 0.2) is 24.3 Å². The first-order chi connectivity index (χ1) is 7.40. The van der Waals surface area contributed by atoms with Crippen molar-refractivity contribution < 1.29 is 18.3 Å². The number of carboxylic acids is 1. The molecule has 0 aromatic heterocycles. The van der Waals surface area contributed by atoms with E-state index in [0.717, 1.165) is 4.31 Å². The number of halogens is 1. The Kier molecular flexibility index (Phi) is 3.77. The summed E-state index contributed by atoms with van der Waals surface area (Å²) >= 11 is 5.29. The summed E-state index contributed by atoms with van der Waals surface area (Å²) in [5, 5.41) is 8.30. The van der Waals surface area contributed by atoms with Crippen LogP contribution in [0.4, 0.5) is 5.69 Å². The van der Waals surface area contributed by atoms with E-state index in [4.69, 9.17) is 16.7 Å². The highest BCUT2D eigenvalue weighted by Crippen LogP contribution is 2.22. The molecule has 0 saturated heterocycles. The molecule has 0 spiro atoms. The lowest BCUT2D eigenvalue weighted by molar-refractivity contribution is 0.0698. The molecular weight excluding hydrogens is 254 g/mol. The number of hydrogen-bond acceptors (Lipinski definition) is 3. The van der Waals surface area contributed by atoms with Crippen LogP contribution in [-0.4, -0.2) is 31.8 Å². The van der Waals surface area contributed by atoms with Crippen LogP contribution in [0.1, 0.15) is 10.4 Å². The van der Waals surface area contributed by atoms with E-state index in [1.807, 2.05) is 0 Å². The average Bonchev–Trinajstić information content (AvgIpc) is 2.28. The van der Waals surface area contributed by atoms with Gasteiger partial charge in [-0.05, 0) is 12.1 Å². The second-order valence-electron chi connectivity index (χ2n) is 3.01. The van der Waals surface area contributed by atoms with Crippen LogP contribution in [0.5, 0.6) is 0 Å². The number of carboxylic acid groups (broad SMARTS) is 1. The summed E-state index contributed by atoms with van der Waals surface area (Å²) in [7, 11) is -2.41. The molecule has 0 bridgehead atoms. The van der Waals surface area contributed by atoms with Crippen LogP contribution in [0.2, 0.25) is 0 Å². The predicted octanol–water partition coefficient (Wildman–Crippen LogP) is 1.35. The van der Waals surface area contributed by atoms with Crippen molar-refractivity contribution in [1.82, 2.24) is 0 Å². The van der Waals surface area contributed by atoms with Gasteiger partial charge in [0.25, 0.3) is 0 Å². The first kappa shape index (κ1) is 12.8. The molecule has 0 heterocycles. The predicted molar refractivity (Wildman–Crippen MR) is 61.4 cm³/mol. The molecule has 0 unspecified atom stereocenters. The molecular formula is C9H10ClNO4S. The third-order valence-corrected chi connectivity index (χ3v) is 4.16. The van der Waals surface area contributed by atoms with Gasteiger partial charge >= 0.3 is 5.97 Å². The Morgan fingerprint density at radius 3 is 2.50 bits per heavy atom. The maximum atomic E-state index is 11.5. The van der Waals surface area contributed by atoms with Crippen molar-refractivity contribution in [2.24, 2.45) is 0 Å². The molecule has 5 nitrogen and oxygen atoms in total. The highest BCUT2D eigenvalue weighted by atomic mass is 35.5. The topological polar surface area (TPSA) is 74.7 Å². The van der Waals surface area contributed by atoms with Gasteiger partial charge in [0.2, 0.25) is 10.0 Å². The summed E-state index contributed by atoms with van der Waals surface area (Å²) in [5.74, 6) is -1.19. The molecule has 1 aromatic rings. The van der Waals surface area contributed by atoms with E-state index in [9.17, 15) is 13.2 Å². The van der Waals surface area contributed by atoms with Crippen molar-refractivity contribution in [2.45, 2.75) is 0 Å². The van der Waals surface area contributed by atoms with E-state index >= 15 is 0 Å². The number of rotatable bonds is 4. The molecule has 7 heteroatoms. The third-order valence-electron chi connectivity index (χ3n) is 2.03. The minimum atomic E-state index is -3.67. The molecule has 0 amide bonds. The fourth-order valence-corrected chi connectivity index (χ4v) is 2.20. The van der Waals surface area contributed by atoms with Crippen molar-refractivity contribution in [3.63, 3.8) is 0 Å². The standard InChI is InChI=1S/C9H10ClNO4S/c1-11(16(14,15)6-10)8-5-3-2-4-7(8)9(12)13/h2-5H,6H2,1H3,(H,12,13). The van der Waals surface area contributed by atoms with Gasteiger partial charge in [0.15, 0.2) is 0 Å². The van der Waals surface area contributed by atoms with E-state index in [-0.39, 0.29) is 11.3 Å². The largest absolute Gasteiger partial charge is 0.478 e. The van der Waals surface area contributed by atoms with E-state index in [2.05, 4.69) is 0 Å². The normalized spacial score (nSPS) is 11.1. The van der Waals surface area contributed by atoms with Crippen molar-refractivity contribution in [3.8, 4) is 0 Å². The van der Waals surface area contributed by atoms with E-state index in [0.29, 0.717) is 0 Å². The minimum absolute atomic E-state index is 0.0845. The highest BCUT2D eigenvalue weighted by molar-refractivity contribution is 7.93. The first-order valence-corrected chi connectivity index (χ1v) is 6.39. The number of para-hydroxylation sites is 1. The van der Waals surface area contributed by atoms with Crippen LogP contribution < -0.4 is 4.31 Å². The number of sulfonamides is 1. The Morgan fingerprint density at radius 1 is 1.44 bits per heavy atom. The maximum Gasteiger partial charge on any atom is 0.337 e. The number of alkyl halides is 1. The van der Waals surface area contributed by atoms with Crippen LogP contribution in [0.25, 0.3) is 0 Å². The fourth-order valence-electron chi connectivity index (χ4n) is 1.15. The maximum absolute atomic E-state index is 11.5. The molecule has 1 N–H and O–H groups in total. The molecule has 0 atom stereocenters. The zero-order valence-corrected chi connectivity index (χ0v) is 9.99. The molecule has 16 heavy (non-hydrogen) atoms. The molecule has 1 aromatic carbocycles. The van der Waals surface area contributed by atoms with Crippen molar-refractivity contribution in [1.29, 1.82) is 0 Å². The van der Waals surface area contributed by atoms with Gasteiger partial charge in [-0.25, -0.2) is 13.2 Å². The minimum Gasteiger partial charge on any atom is -0.478 e. The molecule has 0 aliphatic heterocycles. The van der Waals surface area contributed by atoms with Gasteiger partial charge in [-0.1, -0.05) is 12.1 Å². The van der Waals surface area contributed by atoms with Gasteiger partial charge in [-0.15, -0.1) is 11.6 Å². The van der Waals surface area contributed by atoms with Crippen molar-refractivity contribution in [3.05, 3.63) is 29.8 Å². The number of benzene rings is 1. The Bertz CT molecular complexity index is 500. The molecule has 88 valence electrons. The second kappa shape index (κ2) is 4.71. The lowest BCUT2D eigenvalue weighted by atomic mass is 10.2. The van der Waals surface area contributed by atoms with Crippen LogP contribution >= 0.6 is 11.6 Å². The zero-order valence-electron chi connectivity index (χ0n) is 8.42. The number of anilines is 1. The second-order valence-corrected chi connectivity index (χ2v) is 5.60. The smallest absolute Gasteiger partial charge is 0.337 e. The van der Waals surface area contributed by atoms with Gasteiger partial charge in [0.05, 0.1) is 11.3 Å². The summed E-state index contributed by atoms with van der Waals surface area (Å²) < 4.78 is 23.8. The quantitative estimate of drug-likeness (QED) is 0.832. The first-order valence-electron chi connectivity index (χ1n) is 4.25. The fraction of sp³-hybridized carbons (Fsp3) is 0.222. The van der Waals surface area contributed by atoms with Crippen LogP contribution in [0.3, 0.4) is 0 Å². The Labute approximate surface area is 98.3 Å². The lowest BCUT2D eigenvalue weighted by Crippen LogP contribution is -2.28. The number of aromatic carboxylic acids is 1. The lowest BCUT2D eigenvalue weighted by Gasteiger charge is -2.19. The van der Waals surface area contributed by atoms with Gasteiger partial charge in [-0.3, -0.25) is 4.31 Å². The summed E-state index contributed by atoms with van der Waals surface area (Å²) in [6.07, 6.45) is 0. The van der Waals surface area contributed by atoms with Gasteiger partial charge in [0.1, 0.15) is 5.21 Å². The number of nitrogens with zero attached hydrogens (tertiary/aromatic N) is 1. The van der Waals surface area contributed by atoms with Crippen molar-refractivity contribution in [2.75, 3.05) is 16.6 Å². The SMILES string of the molecule is CN(c1ccccc1C(=O)O)S(=O)(=O)CCl. The van der Waals surface area contributed by atoms with Crippen LogP contribution in [0, 0.1) is 0 Å². The van der Waals surface area contributed by atoms with Gasteiger partial charge < -0.3 is 5.11 Å². The Morgan fingerprint density at radius 2 is 2.00 bits per heavy atom. The monoisotopic (exact) mass is 263 g/mol. The summed E-state index contributed by atoms with van der Waals surface area (Å²) in [5.41, 5.74) is 0.00865. The number of carbonyl (C=O) groups is 1. The summed E-state index contributed by atoms with van der Waals surface area (Å²) in [6, 6.07) is 5.82. The molecule has 0 saturated carbocycles. The zero-order chi connectivity index (χ0) is 12.3. The molecule has 0 fully saturated rings. The van der Waals surface area contributed by atoms with E-state index in [1.54, 1.807) is 6.07 Å². The number of hydrogen-bond donors (Lipinski definition) is 1. The Balaban J connectivity index is 3.29. The summed E-state index contributed by atoms with van der Waals surface area (Å²) in [6.45, 7) is 0. The highest BCUT2D eigenvalue weighted by Gasteiger charge is 2.21. The molecule has 0 aliphatic carbocycles. The third kappa shape index (κ3) is 2.45. The Hall–Kier alpha value is -1.27.